The Balaban J connectivity index is 0.000000239. The van der Waals surface area contributed by atoms with Gasteiger partial charge in [0.25, 0.3) is 11.1 Å². The standard InChI is InChI=1S/C26H22ClF3N2O6S.C25H22ClF3N2O5S.C6H16Si/c1-15(33)36-12-4-11-32-22(34)21-20(13-16-7-9-17(27)10-8-16)24(39-23(21)31(2)25(32)35)37-18-5-3-6-19(14-18)38-26(28,29)30;1-3-4-12-31-21(33)19-18(20(32)14-8-10-15(26)11-9-14)23(37-22(19)30(2)24(31)34)35-16-6-5-7-17(13-16)36-25(27,28)29;1-4-7(5-2)6-3/h3,5-10,14H,4,11-13H2,1-2H3;5-11,13,20,32H,3-4,12H2,1-2H3;7H,4-6H2,1-3H3. The van der Waals surface area contributed by atoms with Gasteiger partial charge in [0.15, 0.2) is 10.1 Å². The van der Waals surface area contributed by atoms with Crippen LogP contribution in [0.4, 0.5) is 26.3 Å². The summed E-state index contributed by atoms with van der Waals surface area (Å²) < 4.78 is 106. The molecule has 0 aliphatic rings. The molecule has 15 nitrogen and oxygen atoms in total. The molecule has 0 amide bonds. The van der Waals surface area contributed by atoms with E-state index in [4.69, 9.17) is 37.4 Å². The number of hydrogen-bond donors (Lipinski definition) is 1. The SMILES string of the molecule is CC(=O)OCCCn1c(=O)c2c(Cc3ccc(Cl)cc3)c(Oc3cccc(OC(F)(F)F)c3)sc2n(C)c1=O.CCCCn1c(=O)c2c(C(O)c3ccc(Cl)cc3)c(Oc3cccc(OC(F)(F)F)c3)sc2n(C)c1=O.CC[SiH](CC)CC. The number of benzene rings is 4. The second kappa shape index (κ2) is 29.1. The Bertz CT molecular complexity index is 3760. The first-order valence-corrected chi connectivity index (χ1v) is 31.0. The lowest BCUT2D eigenvalue weighted by Crippen LogP contribution is -2.39. The summed E-state index contributed by atoms with van der Waals surface area (Å²) >= 11 is 14.0. The fourth-order valence-electron chi connectivity index (χ4n) is 8.61. The first-order chi connectivity index (χ1) is 39.3. The number of esters is 1. The molecule has 1 N–H and O–H groups in total. The molecule has 0 aliphatic heterocycles. The van der Waals surface area contributed by atoms with E-state index in [9.17, 15) is 55.4 Å². The van der Waals surface area contributed by atoms with Crippen LogP contribution in [-0.4, -0.2) is 57.5 Å². The van der Waals surface area contributed by atoms with Gasteiger partial charge in [0, 0.05) is 77.1 Å². The molecule has 4 aromatic carbocycles. The number of thiophene rings is 2. The van der Waals surface area contributed by atoms with Crippen LogP contribution in [0, 0.1) is 0 Å². The first kappa shape index (κ1) is 65.3. The lowest BCUT2D eigenvalue weighted by atomic mass is 10.0. The number of halogens is 8. The van der Waals surface area contributed by atoms with Crippen molar-refractivity contribution < 1.29 is 59.9 Å². The van der Waals surface area contributed by atoms with Crippen molar-refractivity contribution >= 4 is 81.1 Å². The van der Waals surface area contributed by atoms with E-state index in [1.165, 1.54) is 72.6 Å². The summed E-state index contributed by atoms with van der Waals surface area (Å²) in [7, 11) is 2.84. The molecule has 4 aromatic heterocycles. The Morgan fingerprint density at radius 3 is 1.55 bits per heavy atom. The van der Waals surface area contributed by atoms with Gasteiger partial charge in [-0.1, -0.05) is 135 Å². The van der Waals surface area contributed by atoms with Crippen LogP contribution >= 0.6 is 45.9 Å². The number of alkyl halides is 6. The molecule has 0 bridgehead atoms. The quantitative estimate of drug-likeness (QED) is 0.0333. The summed E-state index contributed by atoms with van der Waals surface area (Å²) in [4.78, 5) is 64.7. The molecule has 0 fully saturated rings. The van der Waals surface area contributed by atoms with Crippen molar-refractivity contribution in [3.05, 3.63) is 171 Å². The number of carbonyl (C=O) groups excluding carboxylic acids is 1. The maximum Gasteiger partial charge on any atom is 0.573 e. The van der Waals surface area contributed by atoms with E-state index in [1.807, 2.05) is 6.92 Å². The van der Waals surface area contributed by atoms with Gasteiger partial charge in [-0.25, -0.2) is 9.59 Å². The summed E-state index contributed by atoms with van der Waals surface area (Å²) in [5, 5.41) is 12.9. The molecular weight excluding hydrogens is 1190 g/mol. The predicted octanol–water partition coefficient (Wildman–Crippen LogP) is 13.9. The summed E-state index contributed by atoms with van der Waals surface area (Å²) in [6, 6.07) is 27.6. The lowest BCUT2D eigenvalue weighted by Gasteiger charge is -2.15. The van der Waals surface area contributed by atoms with Crippen LogP contribution in [0.2, 0.25) is 28.2 Å². The van der Waals surface area contributed by atoms with Gasteiger partial charge in [-0.2, -0.15) is 0 Å². The van der Waals surface area contributed by atoms with E-state index in [1.54, 1.807) is 48.5 Å². The fourth-order valence-corrected chi connectivity index (χ4v) is 12.9. The smallest absolute Gasteiger partial charge is 0.466 e. The number of aliphatic hydroxyl groups excluding tert-OH is 1. The number of nitrogens with zero attached hydrogens (tertiary/aromatic N) is 4. The highest BCUT2D eigenvalue weighted by Gasteiger charge is 2.33. The maximum atomic E-state index is 13.6. The van der Waals surface area contributed by atoms with Crippen molar-refractivity contribution in [3.8, 4) is 33.1 Å². The van der Waals surface area contributed by atoms with Gasteiger partial charge in [-0.05, 0) is 72.5 Å². The van der Waals surface area contributed by atoms with Crippen molar-refractivity contribution in [1.29, 1.82) is 0 Å². The molecule has 1 unspecified atom stereocenters. The first-order valence-electron chi connectivity index (χ1n) is 26.2. The summed E-state index contributed by atoms with van der Waals surface area (Å²) in [5.41, 5.74) is -0.503. The molecule has 8 rings (SSSR count). The number of ether oxygens (including phenoxy) is 5. The summed E-state index contributed by atoms with van der Waals surface area (Å²) in [6.07, 6.45) is -9.33. The zero-order chi connectivity index (χ0) is 60.9. The third kappa shape index (κ3) is 17.4. The van der Waals surface area contributed by atoms with Crippen LogP contribution in [0.15, 0.2) is 116 Å². The summed E-state index contributed by atoms with van der Waals surface area (Å²) in [6.45, 7) is 10.4. The Labute approximate surface area is 492 Å². The minimum atomic E-state index is -4.89. The molecule has 1 atom stereocenters. The molecule has 0 spiro atoms. The van der Waals surface area contributed by atoms with Crippen molar-refractivity contribution in [2.45, 2.75) is 110 Å². The molecule has 0 saturated heterocycles. The normalized spacial score (nSPS) is 11.9. The van der Waals surface area contributed by atoms with E-state index in [-0.39, 0.29) is 84.1 Å². The number of hydrogen-bond acceptors (Lipinski definition) is 13. The number of aryl methyl sites for hydroxylation is 2. The molecule has 83 heavy (non-hydrogen) atoms. The highest BCUT2D eigenvalue weighted by Crippen LogP contribution is 2.45. The molecule has 8 aromatic rings. The largest absolute Gasteiger partial charge is 0.573 e. The zero-order valence-electron chi connectivity index (χ0n) is 46.1. The van der Waals surface area contributed by atoms with E-state index < -0.39 is 58.8 Å². The number of aliphatic hydroxyl groups is 1. The minimum Gasteiger partial charge on any atom is -0.466 e. The number of aromatic nitrogens is 4. The van der Waals surface area contributed by atoms with E-state index >= 15 is 0 Å². The van der Waals surface area contributed by atoms with Crippen LogP contribution in [-0.2, 0) is 43.1 Å². The van der Waals surface area contributed by atoms with Crippen LogP contribution in [0.1, 0.15) is 82.2 Å². The maximum absolute atomic E-state index is 13.6. The fraction of sp³-hybridized carbons (Fsp3) is 0.351. The monoisotopic (exact) mass is 1250 g/mol. The molecule has 446 valence electrons. The van der Waals surface area contributed by atoms with Crippen molar-refractivity contribution in [1.82, 2.24) is 18.3 Å². The Morgan fingerprint density at radius 1 is 0.639 bits per heavy atom. The Hall–Kier alpha value is -6.83. The van der Waals surface area contributed by atoms with E-state index in [2.05, 4.69) is 30.2 Å². The van der Waals surface area contributed by atoms with Gasteiger partial charge < -0.3 is 28.8 Å². The number of unbranched alkanes of at least 4 members (excludes halogenated alkanes) is 1. The van der Waals surface area contributed by atoms with Crippen LogP contribution in [0.25, 0.3) is 20.4 Å². The van der Waals surface area contributed by atoms with Gasteiger partial charge in [-0.15, -0.1) is 26.3 Å². The third-order valence-electron chi connectivity index (χ3n) is 13.0. The molecule has 0 radical (unpaired) electrons. The topological polar surface area (TPSA) is 171 Å². The minimum absolute atomic E-state index is 0.0119. The molecule has 0 aliphatic carbocycles. The van der Waals surface area contributed by atoms with Gasteiger partial charge in [0.05, 0.1) is 22.9 Å². The number of fused-ring (bicyclic) bond motifs is 2. The lowest BCUT2D eigenvalue weighted by molar-refractivity contribution is -0.275. The van der Waals surface area contributed by atoms with Gasteiger partial charge in [0.1, 0.15) is 38.8 Å². The predicted molar refractivity (Wildman–Crippen MR) is 314 cm³/mol. The molecule has 0 saturated carbocycles. The Kier molecular flexibility index (Phi) is 22.9. The van der Waals surface area contributed by atoms with Gasteiger partial charge in [0.2, 0.25) is 0 Å². The van der Waals surface area contributed by atoms with Gasteiger partial charge in [-0.3, -0.25) is 32.7 Å². The second-order valence-electron chi connectivity index (χ2n) is 18.8. The van der Waals surface area contributed by atoms with E-state index in [0.717, 1.165) is 68.1 Å². The third-order valence-corrected chi connectivity index (χ3v) is 19.3. The molecular formula is C57H60Cl2F6N4O11S2Si. The highest BCUT2D eigenvalue weighted by atomic mass is 35.5. The average Bonchev–Trinajstić information content (AvgIpc) is 3.81. The van der Waals surface area contributed by atoms with Crippen molar-refractivity contribution in [3.63, 3.8) is 0 Å². The highest BCUT2D eigenvalue weighted by molar-refractivity contribution is 7.21. The van der Waals surface area contributed by atoms with Crippen molar-refractivity contribution in [2.24, 2.45) is 14.1 Å². The average molecular weight is 1250 g/mol. The molecule has 4 heterocycles. The molecule has 26 heteroatoms. The summed E-state index contributed by atoms with van der Waals surface area (Å²) in [5.74, 6) is -1.41. The second-order valence-corrected chi connectivity index (χ2v) is 25.8. The zero-order valence-corrected chi connectivity index (χ0v) is 50.4. The van der Waals surface area contributed by atoms with E-state index in [0.29, 0.717) is 32.4 Å². The van der Waals surface area contributed by atoms with Crippen LogP contribution in [0.3, 0.4) is 0 Å². The number of rotatable bonds is 20. The van der Waals surface area contributed by atoms with Crippen LogP contribution < -0.4 is 41.4 Å². The van der Waals surface area contributed by atoms with Gasteiger partial charge >= 0.3 is 30.1 Å². The van der Waals surface area contributed by atoms with Crippen molar-refractivity contribution in [2.75, 3.05) is 6.61 Å². The van der Waals surface area contributed by atoms with Crippen LogP contribution in [0.5, 0.6) is 33.1 Å². The number of carbonyl (C=O) groups is 1. The Morgan fingerprint density at radius 2 is 1.08 bits per heavy atom.